The van der Waals surface area contributed by atoms with Crippen LogP contribution in [0.3, 0.4) is 0 Å². The van der Waals surface area contributed by atoms with Gasteiger partial charge in [0.05, 0.1) is 25.2 Å². The highest BCUT2D eigenvalue weighted by Gasteiger charge is 2.32. The SMILES string of the molecule is COc1ccc2c(CCCc3c[nH]c4ccccc34)c3[n+](cc2c1OC)CCc1cc2c(cc1-3)OCO2.[I-]. The fourth-order valence-corrected chi connectivity index (χ4v) is 6.06. The van der Waals surface area contributed by atoms with Crippen molar-refractivity contribution in [2.45, 2.75) is 32.2 Å². The standard InChI is InChI=1S/C31H29N2O4.HI/c1-34-27-11-10-22-23(8-5-6-20-16-32-26-9-4-3-7-21(20)26)30-24-15-29-28(36-18-37-29)14-19(24)12-13-33(30)17-25(22)31(27)35-2;/h3-4,7,9-11,14-17,32H,5-6,8,12-13,18H2,1-2H3;1H/q+1;/p-1. The van der Waals surface area contributed by atoms with E-state index in [1.54, 1.807) is 14.2 Å². The summed E-state index contributed by atoms with van der Waals surface area (Å²) in [6.45, 7) is 1.18. The van der Waals surface area contributed by atoms with Gasteiger partial charge >= 0.3 is 0 Å². The summed E-state index contributed by atoms with van der Waals surface area (Å²) in [5, 5.41) is 3.59. The Morgan fingerprint density at radius 3 is 2.61 bits per heavy atom. The number of nitrogens with one attached hydrogen (secondary N) is 1. The van der Waals surface area contributed by atoms with E-state index in [1.807, 2.05) is 6.07 Å². The van der Waals surface area contributed by atoms with Crippen molar-refractivity contribution in [2.24, 2.45) is 0 Å². The second-order valence-corrected chi connectivity index (χ2v) is 9.74. The summed E-state index contributed by atoms with van der Waals surface area (Å²) < 4.78 is 25.3. The Morgan fingerprint density at radius 2 is 1.76 bits per heavy atom. The number of aromatic amines is 1. The number of hydrogen-bond acceptors (Lipinski definition) is 4. The molecule has 1 N–H and O–H groups in total. The maximum atomic E-state index is 5.86. The van der Waals surface area contributed by atoms with Crippen LogP contribution >= 0.6 is 0 Å². The number of fused-ring (bicyclic) bond motifs is 6. The summed E-state index contributed by atoms with van der Waals surface area (Å²) in [5.41, 5.74) is 7.69. The minimum absolute atomic E-state index is 0. The molecule has 0 unspecified atom stereocenters. The van der Waals surface area contributed by atoms with Crippen LogP contribution in [0.25, 0.3) is 32.9 Å². The number of ether oxygens (including phenoxy) is 4. The maximum Gasteiger partial charge on any atom is 0.231 e. The van der Waals surface area contributed by atoms with E-state index in [4.69, 9.17) is 18.9 Å². The van der Waals surface area contributed by atoms with E-state index in [0.29, 0.717) is 0 Å². The quantitative estimate of drug-likeness (QED) is 0.235. The molecule has 6 nitrogen and oxygen atoms in total. The first-order valence-corrected chi connectivity index (χ1v) is 12.8. The summed E-state index contributed by atoms with van der Waals surface area (Å²) >= 11 is 0. The average Bonchev–Trinajstić information content (AvgIpc) is 3.57. The Bertz CT molecular complexity index is 1680. The summed E-state index contributed by atoms with van der Waals surface area (Å²) in [5.74, 6) is 3.20. The zero-order chi connectivity index (χ0) is 24.9. The van der Waals surface area contributed by atoms with Gasteiger partial charge in [-0.2, -0.15) is 4.57 Å². The summed E-state index contributed by atoms with van der Waals surface area (Å²) in [6.07, 6.45) is 8.29. The molecule has 5 aromatic rings. The summed E-state index contributed by atoms with van der Waals surface area (Å²) in [6, 6.07) is 17.0. The minimum atomic E-state index is 0. The molecule has 3 aromatic carbocycles. The summed E-state index contributed by atoms with van der Waals surface area (Å²) in [4.78, 5) is 3.42. The molecule has 2 aromatic heterocycles. The molecule has 0 fully saturated rings. The second-order valence-electron chi connectivity index (χ2n) is 9.74. The van der Waals surface area contributed by atoms with E-state index in [0.717, 1.165) is 60.6 Å². The molecule has 0 saturated carbocycles. The minimum Gasteiger partial charge on any atom is -1.00 e. The molecule has 0 aliphatic carbocycles. The monoisotopic (exact) mass is 620 g/mol. The van der Waals surface area contributed by atoms with Gasteiger partial charge in [-0.1, -0.05) is 18.2 Å². The fourth-order valence-electron chi connectivity index (χ4n) is 6.06. The Hall–Kier alpha value is -3.46. The molecule has 0 atom stereocenters. The van der Waals surface area contributed by atoms with Gasteiger partial charge in [0.15, 0.2) is 35.7 Å². The molecule has 0 amide bonds. The largest absolute Gasteiger partial charge is 1.00 e. The van der Waals surface area contributed by atoms with E-state index < -0.39 is 0 Å². The molecule has 194 valence electrons. The molecule has 0 radical (unpaired) electrons. The smallest absolute Gasteiger partial charge is 0.231 e. The van der Waals surface area contributed by atoms with Crippen molar-refractivity contribution in [1.29, 1.82) is 0 Å². The number of H-pyrrole nitrogens is 1. The zero-order valence-corrected chi connectivity index (χ0v) is 23.6. The lowest BCUT2D eigenvalue weighted by molar-refractivity contribution is -0.686. The number of hydrogen-bond donors (Lipinski definition) is 1. The van der Waals surface area contributed by atoms with Gasteiger partial charge in [0.2, 0.25) is 12.5 Å². The highest BCUT2D eigenvalue weighted by molar-refractivity contribution is 5.95. The summed E-state index contributed by atoms with van der Waals surface area (Å²) in [7, 11) is 3.41. The number of para-hydroxylation sites is 1. The van der Waals surface area contributed by atoms with E-state index in [2.05, 4.69) is 64.4 Å². The van der Waals surface area contributed by atoms with Crippen molar-refractivity contribution in [1.82, 2.24) is 4.98 Å². The van der Waals surface area contributed by atoms with Crippen molar-refractivity contribution in [2.75, 3.05) is 21.0 Å². The lowest BCUT2D eigenvalue weighted by atomic mass is 9.89. The van der Waals surface area contributed by atoms with E-state index in [1.165, 1.54) is 44.2 Å². The van der Waals surface area contributed by atoms with Crippen molar-refractivity contribution in [3.05, 3.63) is 77.6 Å². The molecule has 2 aliphatic heterocycles. The van der Waals surface area contributed by atoms with Crippen LogP contribution in [-0.2, 0) is 25.8 Å². The lowest BCUT2D eigenvalue weighted by Crippen LogP contribution is -3.00. The number of rotatable bonds is 6. The van der Waals surface area contributed by atoms with Crippen LogP contribution in [0.5, 0.6) is 23.0 Å². The molecule has 4 heterocycles. The molecule has 7 rings (SSSR count). The van der Waals surface area contributed by atoms with Crippen LogP contribution in [0.1, 0.15) is 23.1 Å². The number of benzene rings is 3. The molecule has 2 aliphatic rings. The Labute approximate surface area is 238 Å². The third kappa shape index (κ3) is 3.95. The number of nitrogens with zero attached hydrogens (tertiary/aromatic N) is 1. The number of aromatic nitrogens is 2. The molecule has 7 heteroatoms. The van der Waals surface area contributed by atoms with Crippen LogP contribution in [0.4, 0.5) is 0 Å². The van der Waals surface area contributed by atoms with Crippen molar-refractivity contribution in [3.63, 3.8) is 0 Å². The van der Waals surface area contributed by atoms with Crippen LogP contribution in [0.2, 0.25) is 0 Å². The van der Waals surface area contributed by atoms with E-state index >= 15 is 0 Å². The molecule has 0 spiro atoms. The molecule has 38 heavy (non-hydrogen) atoms. The first kappa shape index (κ1) is 24.9. The first-order valence-electron chi connectivity index (χ1n) is 12.8. The third-order valence-electron chi connectivity index (χ3n) is 7.79. The zero-order valence-electron chi connectivity index (χ0n) is 21.5. The molecular formula is C31H29IN2O4. The van der Waals surface area contributed by atoms with Crippen LogP contribution < -0.4 is 47.5 Å². The van der Waals surface area contributed by atoms with Gasteiger partial charge in [-0.3, -0.25) is 0 Å². The van der Waals surface area contributed by atoms with Crippen LogP contribution in [-0.4, -0.2) is 26.0 Å². The first-order chi connectivity index (χ1) is 18.2. The van der Waals surface area contributed by atoms with Gasteiger partial charge in [-0.25, -0.2) is 0 Å². The Morgan fingerprint density at radius 1 is 0.921 bits per heavy atom. The highest BCUT2D eigenvalue weighted by Crippen LogP contribution is 2.44. The number of aryl methyl sites for hydroxylation is 4. The second kappa shape index (κ2) is 10.0. The van der Waals surface area contributed by atoms with Crippen molar-refractivity contribution < 1.29 is 47.5 Å². The molecular weight excluding hydrogens is 591 g/mol. The maximum absolute atomic E-state index is 5.86. The van der Waals surface area contributed by atoms with E-state index in [9.17, 15) is 0 Å². The predicted molar refractivity (Wildman–Crippen MR) is 143 cm³/mol. The van der Waals surface area contributed by atoms with Gasteiger partial charge in [0.25, 0.3) is 0 Å². The fraction of sp³-hybridized carbons (Fsp3) is 0.258. The van der Waals surface area contributed by atoms with Crippen LogP contribution in [0, 0.1) is 0 Å². The number of halogens is 1. The van der Waals surface area contributed by atoms with Gasteiger partial charge in [-0.15, -0.1) is 0 Å². The van der Waals surface area contributed by atoms with Crippen LogP contribution in [0.15, 0.2) is 60.9 Å². The lowest BCUT2D eigenvalue weighted by Gasteiger charge is -2.21. The van der Waals surface area contributed by atoms with E-state index in [-0.39, 0.29) is 30.8 Å². The van der Waals surface area contributed by atoms with Gasteiger partial charge in [-0.05, 0) is 60.7 Å². The number of pyridine rings is 1. The number of methoxy groups -OCH3 is 2. The van der Waals surface area contributed by atoms with Gasteiger partial charge in [0.1, 0.15) is 0 Å². The highest BCUT2D eigenvalue weighted by atomic mass is 127. The average molecular weight is 620 g/mol. The van der Waals surface area contributed by atoms with Crippen molar-refractivity contribution in [3.8, 4) is 34.3 Å². The van der Waals surface area contributed by atoms with Crippen molar-refractivity contribution >= 4 is 21.7 Å². The third-order valence-corrected chi connectivity index (χ3v) is 7.79. The molecule has 0 saturated heterocycles. The Balaban J connectivity index is 0.00000264. The normalized spacial score (nSPS) is 13.2. The molecule has 0 bridgehead atoms. The van der Waals surface area contributed by atoms with Gasteiger partial charge in [0, 0.05) is 34.5 Å². The predicted octanol–water partition coefficient (Wildman–Crippen LogP) is 2.76. The van der Waals surface area contributed by atoms with Gasteiger partial charge < -0.3 is 47.9 Å². The topological polar surface area (TPSA) is 56.6 Å². The Kier molecular flexibility index (Phi) is 6.55.